The monoisotopic (exact) mass is 280 g/mol. The van der Waals surface area contributed by atoms with Gasteiger partial charge in [-0.05, 0) is 42.4 Å². The number of rotatable bonds is 3. The standard InChI is InChI=1S/C18H32O2/c1-12(11-16(2,3)4)15(19)20-14-10-13-8-9-18(14,7)17(13,5)6/h12-14H,8-11H2,1-7H3. The van der Waals surface area contributed by atoms with Gasteiger partial charge in [0.1, 0.15) is 6.10 Å². The van der Waals surface area contributed by atoms with Gasteiger partial charge in [0.25, 0.3) is 0 Å². The minimum Gasteiger partial charge on any atom is -0.462 e. The van der Waals surface area contributed by atoms with Crippen molar-refractivity contribution in [1.82, 2.24) is 0 Å². The molecule has 0 aliphatic heterocycles. The van der Waals surface area contributed by atoms with Crippen molar-refractivity contribution in [3.05, 3.63) is 0 Å². The topological polar surface area (TPSA) is 26.3 Å². The molecule has 0 amide bonds. The third kappa shape index (κ3) is 2.51. The molecular formula is C18H32O2. The molecule has 0 aromatic heterocycles. The molecule has 2 rings (SSSR count). The van der Waals surface area contributed by atoms with Crippen LogP contribution in [-0.2, 0) is 9.53 Å². The van der Waals surface area contributed by atoms with E-state index in [0.717, 1.165) is 18.8 Å². The Labute approximate surface area is 124 Å². The van der Waals surface area contributed by atoms with E-state index in [1.54, 1.807) is 0 Å². The smallest absolute Gasteiger partial charge is 0.308 e. The van der Waals surface area contributed by atoms with E-state index in [1.807, 2.05) is 6.92 Å². The molecular weight excluding hydrogens is 248 g/mol. The average Bonchev–Trinajstić information content (AvgIpc) is 2.59. The molecule has 4 atom stereocenters. The van der Waals surface area contributed by atoms with E-state index in [4.69, 9.17) is 4.74 Å². The Kier molecular flexibility index (Phi) is 3.76. The molecule has 0 saturated heterocycles. The van der Waals surface area contributed by atoms with Crippen molar-refractivity contribution in [2.24, 2.45) is 28.1 Å². The Morgan fingerprint density at radius 3 is 2.30 bits per heavy atom. The summed E-state index contributed by atoms with van der Waals surface area (Å²) < 4.78 is 5.95. The van der Waals surface area contributed by atoms with Gasteiger partial charge in [0.05, 0.1) is 5.92 Å². The molecule has 2 aliphatic rings. The number of hydrogen-bond donors (Lipinski definition) is 0. The van der Waals surface area contributed by atoms with Gasteiger partial charge in [-0.1, -0.05) is 48.5 Å². The Balaban J connectivity index is 2.00. The van der Waals surface area contributed by atoms with Gasteiger partial charge in [-0.25, -0.2) is 0 Å². The first-order valence-electron chi connectivity index (χ1n) is 8.18. The summed E-state index contributed by atoms with van der Waals surface area (Å²) in [5.74, 6) is 0.735. The molecule has 2 bridgehead atoms. The van der Waals surface area contributed by atoms with Crippen molar-refractivity contribution in [3.63, 3.8) is 0 Å². The van der Waals surface area contributed by atoms with Gasteiger partial charge in [0, 0.05) is 5.41 Å². The molecule has 20 heavy (non-hydrogen) atoms. The molecule has 116 valence electrons. The van der Waals surface area contributed by atoms with Gasteiger partial charge in [0.15, 0.2) is 0 Å². The van der Waals surface area contributed by atoms with Crippen LogP contribution in [0.1, 0.15) is 74.1 Å². The second-order valence-corrected chi connectivity index (χ2v) is 9.20. The lowest BCUT2D eigenvalue weighted by Crippen LogP contribution is -2.39. The van der Waals surface area contributed by atoms with Gasteiger partial charge in [-0.2, -0.15) is 0 Å². The summed E-state index contributed by atoms with van der Waals surface area (Å²) in [6, 6.07) is 0. The number of hydrogen-bond acceptors (Lipinski definition) is 2. The van der Waals surface area contributed by atoms with Crippen molar-refractivity contribution in [2.45, 2.75) is 80.3 Å². The van der Waals surface area contributed by atoms with E-state index in [-0.39, 0.29) is 28.8 Å². The minimum atomic E-state index is 0.000777. The second kappa shape index (κ2) is 4.74. The molecule has 0 radical (unpaired) electrons. The number of esters is 1. The van der Waals surface area contributed by atoms with Crippen LogP contribution in [0.25, 0.3) is 0 Å². The number of fused-ring (bicyclic) bond motifs is 2. The Morgan fingerprint density at radius 1 is 1.30 bits per heavy atom. The fraction of sp³-hybridized carbons (Fsp3) is 0.944. The van der Waals surface area contributed by atoms with E-state index >= 15 is 0 Å². The highest BCUT2D eigenvalue weighted by atomic mass is 16.5. The van der Waals surface area contributed by atoms with Crippen molar-refractivity contribution in [2.75, 3.05) is 0 Å². The van der Waals surface area contributed by atoms with E-state index in [1.165, 1.54) is 12.8 Å². The van der Waals surface area contributed by atoms with Gasteiger partial charge < -0.3 is 4.74 Å². The van der Waals surface area contributed by atoms with Crippen LogP contribution in [-0.4, -0.2) is 12.1 Å². The summed E-state index contributed by atoms with van der Waals surface area (Å²) in [5.41, 5.74) is 0.663. The lowest BCUT2D eigenvalue weighted by molar-refractivity contribution is -0.162. The average molecular weight is 280 g/mol. The molecule has 2 heteroatoms. The van der Waals surface area contributed by atoms with Crippen LogP contribution in [0.4, 0.5) is 0 Å². The molecule has 2 aliphatic carbocycles. The van der Waals surface area contributed by atoms with Crippen molar-refractivity contribution in [3.8, 4) is 0 Å². The summed E-state index contributed by atoms with van der Waals surface area (Å²) in [4.78, 5) is 12.4. The van der Waals surface area contributed by atoms with Crippen molar-refractivity contribution in [1.29, 1.82) is 0 Å². The summed E-state index contributed by atoms with van der Waals surface area (Å²) in [5, 5.41) is 0. The fourth-order valence-corrected chi connectivity index (χ4v) is 4.57. The van der Waals surface area contributed by atoms with Crippen LogP contribution >= 0.6 is 0 Å². The quantitative estimate of drug-likeness (QED) is 0.693. The molecule has 2 fully saturated rings. The molecule has 0 heterocycles. The molecule has 0 aromatic rings. The highest BCUT2D eigenvalue weighted by molar-refractivity contribution is 5.72. The molecule has 2 nitrogen and oxygen atoms in total. The van der Waals surface area contributed by atoms with Crippen molar-refractivity contribution < 1.29 is 9.53 Å². The first-order chi connectivity index (χ1) is 8.97. The molecule has 0 N–H and O–H groups in total. The minimum absolute atomic E-state index is 0.000777. The maximum absolute atomic E-state index is 12.4. The fourth-order valence-electron chi connectivity index (χ4n) is 4.57. The normalized spacial score (nSPS) is 37.0. The van der Waals surface area contributed by atoms with E-state index in [9.17, 15) is 4.79 Å². The van der Waals surface area contributed by atoms with E-state index in [0.29, 0.717) is 5.41 Å². The zero-order chi connectivity index (χ0) is 15.3. The lowest BCUT2D eigenvalue weighted by Gasteiger charge is -2.39. The highest BCUT2D eigenvalue weighted by Crippen LogP contribution is 2.66. The summed E-state index contributed by atoms with van der Waals surface area (Å²) >= 11 is 0. The first-order valence-corrected chi connectivity index (χ1v) is 8.18. The second-order valence-electron chi connectivity index (χ2n) is 9.20. The van der Waals surface area contributed by atoms with Gasteiger partial charge in [0.2, 0.25) is 0 Å². The zero-order valence-electron chi connectivity index (χ0n) is 14.4. The Morgan fingerprint density at radius 2 is 1.90 bits per heavy atom. The third-order valence-electron chi connectivity index (χ3n) is 6.29. The number of ether oxygens (including phenoxy) is 1. The number of carbonyl (C=O) groups excluding carboxylic acids is 1. The van der Waals surface area contributed by atoms with E-state index < -0.39 is 0 Å². The van der Waals surface area contributed by atoms with Crippen LogP contribution in [0.15, 0.2) is 0 Å². The maximum Gasteiger partial charge on any atom is 0.308 e. The van der Waals surface area contributed by atoms with E-state index in [2.05, 4.69) is 41.5 Å². The molecule has 2 saturated carbocycles. The van der Waals surface area contributed by atoms with Crippen LogP contribution < -0.4 is 0 Å². The van der Waals surface area contributed by atoms with Gasteiger partial charge in [-0.15, -0.1) is 0 Å². The summed E-state index contributed by atoms with van der Waals surface area (Å²) in [6.07, 6.45) is 4.59. The van der Waals surface area contributed by atoms with Gasteiger partial charge >= 0.3 is 5.97 Å². The lowest BCUT2D eigenvalue weighted by atomic mass is 9.70. The first kappa shape index (κ1) is 15.9. The SMILES string of the molecule is CC(CC(C)(C)C)C(=O)OC1CC2CCC1(C)C2(C)C. The maximum atomic E-state index is 12.4. The van der Waals surface area contributed by atoms with Crippen LogP contribution in [0, 0.1) is 28.1 Å². The number of carbonyl (C=O) groups is 1. The summed E-state index contributed by atoms with van der Waals surface area (Å²) in [6.45, 7) is 15.6. The van der Waals surface area contributed by atoms with Gasteiger partial charge in [-0.3, -0.25) is 4.79 Å². The largest absolute Gasteiger partial charge is 0.462 e. The third-order valence-corrected chi connectivity index (χ3v) is 6.29. The van der Waals surface area contributed by atoms with Crippen LogP contribution in [0.5, 0.6) is 0 Å². The molecule has 0 aromatic carbocycles. The Bertz CT molecular complexity index is 391. The Hall–Kier alpha value is -0.530. The van der Waals surface area contributed by atoms with Crippen molar-refractivity contribution >= 4 is 5.97 Å². The molecule has 0 spiro atoms. The summed E-state index contributed by atoms with van der Waals surface area (Å²) in [7, 11) is 0. The molecule has 4 unspecified atom stereocenters. The predicted molar refractivity (Wildman–Crippen MR) is 82.3 cm³/mol. The highest BCUT2D eigenvalue weighted by Gasteiger charge is 2.62. The zero-order valence-corrected chi connectivity index (χ0v) is 14.4. The predicted octanol–water partition coefficient (Wildman–Crippen LogP) is 4.82. The van der Waals surface area contributed by atoms with Crippen LogP contribution in [0.2, 0.25) is 0 Å². The van der Waals surface area contributed by atoms with Crippen LogP contribution in [0.3, 0.4) is 0 Å².